The van der Waals surface area contributed by atoms with E-state index in [1.54, 1.807) is 6.07 Å². The Labute approximate surface area is 119 Å². The van der Waals surface area contributed by atoms with Gasteiger partial charge < -0.3 is 0 Å². The Kier molecular flexibility index (Phi) is 4.73. The van der Waals surface area contributed by atoms with Crippen LogP contribution < -0.4 is 11.3 Å². The van der Waals surface area contributed by atoms with Gasteiger partial charge in [0.05, 0.1) is 6.04 Å². The van der Waals surface area contributed by atoms with Crippen molar-refractivity contribution in [1.29, 1.82) is 0 Å². The molecule has 1 aromatic rings. The number of nitrogens with zero attached hydrogens (tertiary/aromatic N) is 1. The molecule has 1 aromatic carbocycles. The highest BCUT2D eigenvalue weighted by Crippen LogP contribution is 2.34. The Bertz CT molecular complexity index is 456. The summed E-state index contributed by atoms with van der Waals surface area (Å²) in [6.07, 6.45) is 3.49. The first-order valence-electron chi connectivity index (χ1n) is 7.13. The lowest BCUT2D eigenvalue weighted by molar-refractivity contribution is 0.0594. The Hall–Kier alpha value is -1.04. The number of hydrogen-bond acceptors (Lipinski definition) is 3. The second kappa shape index (κ2) is 6.16. The predicted molar refractivity (Wildman–Crippen MR) is 75.9 cm³/mol. The first-order chi connectivity index (χ1) is 9.48. The van der Waals surface area contributed by atoms with Crippen LogP contribution in [0, 0.1) is 11.6 Å². The molecule has 1 fully saturated rings. The molecule has 112 valence electrons. The molecule has 2 rings (SSSR count). The molecular formula is C15H23F2N3. The maximum Gasteiger partial charge on any atom is 0.163 e. The van der Waals surface area contributed by atoms with Gasteiger partial charge in [0.2, 0.25) is 0 Å². The van der Waals surface area contributed by atoms with E-state index in [1.807, 2.05) is 13.8 Å². The van der Waals surface area contributed by atoms with Crippen LogP contribution in [-0.4, -0.2) is 23.5 Å². The van der Waals surface area contributed by atoms with Crippen molar-refractivity contribution in [3.05, 3.63) is 35.4 Å². The third-order valence-electron chi connectivity index (χ3n) is 4.34. The van der Waals surface area contributed by atoms with Crippen molar-refractivity contribution < 1.29 is 8.78 Å². The molecule has 0 spiro atoms. The van der Waals surface area contributed by atoms with Crippen molar-refractivity contribution >= 4 is 0 Å². The second-order valence-corrected chi connectivity index (χ2v) is 5.94. The number of hydrogen-bond donors (Lipinski definition) is 2. The lowest BCUT2D eigenvalue weighted by atomic mass is 9.85. The number of hydrazine groups is 1. The molecule has 20 heavy (non-hydrogen) atoms. The molecule has 3 N–H and O–H groups in total. The standard InChI is InChI=1S/C15H23F2N3/c1-15(2,20-9-4-3-5-10-20)14(19-18)11-7-6-8-12(16)13(11)17/h6-8,14,19H,3-5,9-10,18H2,1-2H3. The minimum absolute atomic E-state index is 0.281. The summed E-state index contributed by atoms with van der Waals surface area (Å²) >= 11 is 0. The van der Waals surface area contributed by atoms with E-state index >= 15 is 0 Å². The normalized spacial score (nSPS) is 19.1. The Morgan fingerprint density at radius 1 is 1.20 bits per heavy atom. The summed E-state index contributed by atoms with van der Waals surface area (Å²) in [7, 11) is 0. The summed E-state index contributed by atoms with van der Waals surface area (Å²) < 4.78 is 27.5. The van der Waals surface area contributed by atoms with Gasteiger partial charge in [-0.05, 0) is 45.8 Å². The van der Waals surface area contributed by atoms with E-state index in [0.29, 0.717) is 0 Å². The lowest BCUT2D eigenvalue weighted by Gasteiger charge is -2.45. The van der Waals surface area contributed by atoms with Crippen LogP contribution in [0.1, 0.15) is 44.7 Å². The van der Waals surface area contributed by atoms with E-state index in [1.165, 1.54) is 12.5 Å². The zero-order valence-electron chi connectivity index (χ0n) is 12.1. The van der Waals surface area contributed by atoms with Crippen LogP contribution >= 0.6 is 0 Å². The predicted octanol–water partition coefficient (Wildman–Crippen LogP) is 2.73. The van der Waals surface area contributed by atoms with Crippen molar-refractivity contribution in [3.63, 3.8) is 0 Å². The average Bonchev–Trinajstić information content (AvgIpc) is 2.45. The van der Waals surface area contributed by atoms with Crippen LogP contribution in [0.15, 0.2) is 18.2 Å². The van der Waals surface area contributed by atoms with E-state index < -0.39 is 17.7 Å². The highest BCUT2D eigenvalue weighted by molar-refractivity contribution is 5.25. The van der Waals surface area contributed by atoms with Crippen molar-refractivity contribution in [2.45, 2.75) is 44.7 Å². The molecule has 1 atom stereocenters. The van der Waals surface area contributed by atoms with Gasteiger partial charge in [-0.3, -0.25) is 16.2 Å². The summed E-state index contributed by atoms with van der Waals surface area (Å²) in [5.41, 5.74) is 2.57. The van der Waals surface area contributed by atoms with Gasteiger partial charge >= 0.3 is 0 Å². The van der Waals surface area contributed by atoms with Gasteiger partial charge in [0.25, 0.3) is 0 Å². The van der Waals surface area contributed by atoms with Crippen molar-refractivity contribution in [2.75, 3.05) is 13.1 Å². The van der Waals surface area contributed by atoms with Crippen LogP contribution in [0.3, 0.4) is 0 Å². The molecule has 3 nitrogen and oxygen atoms in total. The van der Waals surface area contributed by atoms with Crippen LogP contribution in [0.5, 0.6) is 0 Å². The zero-order chi connectivity index (χ0) is 14.8. The largest absolute Gasteiger partial charge is 0.296 e. The van der Waals surface area contributed by atoms with Crippen molar-refractivity contribution in [2.24, 2.45) is 5.84 Å². The average molecular weight is 283 g/mol. The van der Waals surface area contributed by atoms with Crippen LogP contribution in [0.25, 0.3) is 0 Å². The topological polar surface area (TPSA) is 41.3 Å². The molecule has 5 heteroatoms. The van der Waals surface area contributed by atoms with E-state index in [4.69, 9.17) is 5.84 Å². The van der Waals surface area contributed by atoms with Crippen molar-refractivity contribution in [3.8, 4) is 0 Å². The molecule has 0 radical (unpaired) electrons. The molecule has 0 amide bonds. The monoisotopic (exact) mass is 283 g/mol. The lowest BCUT2D eigenvalue weighted by Crippen LogP contribution is -2.55. The summed E-state index contributed by atoms with van der Waals surface area (Å²) in [5.74, 6) is 4.00. The highest BCUT2D eigenvalue weighted by atomic mass is 19.2. The fourth-order valence-corrected chi connectivity index (χ4v) is 3.07. The van der Waals surface area contributed by atoms with Gasteiger partial charge in [-0.1, -0.05) is 18.6 Å². The zero-order valence-corrected chi connectivity index (χ0v) is 12.1. The van der Waals surface area contributed by atoms with E-state index in [9.17, 15) is 8.78 Å². The minimum atomic E-state index is -0.836. The first-order valence-corrected chi connectivity index (χ1v) is 7.13. The third-order valence-corrected chi connectivity index (χ3v) is 4.34. The third kappa shape index (κ3) is 2.85. The number of nitrogens with two attached hydrogens (primary N) is 1. The number of piperidine rings is 1. The Morgan fingerprint density at radius 3 is 2.45 bits per heavy atom. The van der Waals surface area contributed by atoms with E-state index in [2.05, 4.69) is 10.3 Å². The quantitative estimate of drug-likeness (QED) is 0.659. The molecule has 1 aliphatic rings. The van der Waals surface area contributed by atoms with Crippen LogP contribution in [0.2, 0.25) is 0 Å². The van der Waals surface area contributed by atoms with Gasteiger partial charge in [-0.25, -0.2) is 8.78 Å². The Balaban J connectivity index is 2.32. The summed E-state index contributed by atoms with van der Waals surface area (Å²) in [4.78, 5) is 2.30. The van der Waals surface area contributed by atoms with E-state index in [0.717, 1.165) is 32.0 Å². The van der Waals surface area contributed by atoms with Gasteiger partial charge in [0.1, 0.15) is 0 Å². The molecule has 1 aliphatic heterocycles. The molecular weight excluding hydrogens is 260 g/mol. The van der Waals surface area contributed by atoms with Gasteiger partial charge in [0.15, 0.2) is 11.6 Å². The maximum absolute atomic E-state index is 14.0. The van der Waals surface area contributed by atoms with Gasteiger partial charge in [-0.2, -0.15) is 0 Å². The summed E-state index contributed by atoms with van der Waals surface area (Å²) in [6.45, 7) is 5.96. The maximum atomic E-state index is 14.0. The summed E-state index contributed by atoms with van der Waals surface area (Å²) in [5, 5.41) is 0. The molecule has 1 heterocycles. The van der Waals surface area contributed by atoms with Gasteiger partial charge in [-0.15, -0.1) is 0 Å². The fourth-order valence-electron chi connectivity index (χ4n) is 3.07. The molecule has 0 aliphatic carbocycles. The number of halogens is 2. The van der Waals surface area contributed by atoms with Gasteiger partial charge in [0, 0.05) is 11.1 Å². The van der Waals surface area contributed by atoms with Crippen LogP contribution in [0.4, 0.5) is 8.78 Å². The van der Waals surface area contributed by atoms with Crippen molar-refractivity contribution in [1.82, 2.24) is 10.3 Å². The Morgan fingerprint density at radius 2 is 1.85 bits per heavy atom. The number of likely N-dealkylation sites (tertiary alicyclic amines) is 1. The van der Waals surface area contributed by atoms with Crippen LogP contribution in [-0.2, 0) is 0 Å². The molecule has 1 saturated heterocycles. The first kappa shape index (κ1) is 15.4. The SMILES string of the molecule is CC(C)(C(NN)c1cccc(F)c1F)N1CCCCC1. The number of benzene rings is 1. The van der Waals surface area contributed by atoms with E-state index in [-0.39, 0.29) is 11.1 Å². The molecule has 0 aromatic heterocycles. The highest BCUT2D eigenvalue weighted by Gasteiger charge is 2.38. The molecule has 1 unspecified atom stereocenters. The second-order valence-electron chi connectivity index (χ2n) is 5.94. The molecule has 0 bridgehead atoms. The molecule has 0 saturated carbocycles. The smallest absolute Gasteiger partial charge is 0.163 e. The summed E-state index contributed by atoms with van der Waals surface area (Å²) in [6, 6.07) is 3.77. The minimum Gasteiger partial charge on any atom is -0.296 e. The number of rotatable bonds is 4. The number of nitrogens with one attached hydrogen (secondary N) is 1. The fraction of sp³-hybridized carbons (Fsp3) is 0.600.